The summed E-state index contributed by atoms with van der Waals surface area (Å²) in [4.78, 5) is 14.1. The van der Waals surface area contributed by atoms with Crippen molar-refractivity contribution in [3.05, 3.63) is 33.8 Å². The first-order valence-electron chi connectivity index (χ1n) is 7.70. The topological polar surface area (TPSA) is 68.2 Å². The molecule has 0 spiro atoms. The summed E-state index contributed by atoms with van der Waals surface area (Å²) in [6.07, 6.45) is 5.06. The van der Waals surface area contributed by atoms with Gasteiger partial charge in [-0.05, 0) is 37.8 Å². The molecule has 122 valence electrons. The number of benzene rings is 1. The van der Waals surface area contributed by atoms with Crippen LogP contribution in [0.2, 0.25) is 10.0 Å². The third kappa shape index (κ3) is 3.06. The van der Waals surface area contributed by atoms with Crippen LogP contribution in [0.4, 0.5) is 4.79 Å². The van der Waals surface area contributed by atoms with Crippen LogP contribution in [0, 0.1) is 11.5 Å². The number of halogens is 2. The van der Waals surface area contributed by atoms with E-state index in [2.05, 4.69) is 16.8 Å². The van der Waals surface area contributed by atoms with Crippen molar-refractivity contribution in [1.82, 2.24) is 15.5 Å². The van der Waals surface area contributed by atoms with Gasteiger partial charge in [-0.25, -0.2) is 4.79 Å². The van der Waals surface area contributed by atoms with E-state index in [9.17, 15) is 4.79 Å². The van der Waals surface area contributed by atoms with E-state index in [4.69, 9.17) is 28.5 Å². The minimum Gasteiger partial charge on any atom is -0.333 e. The summed E-state index contributed by atoms with van der Waals surface area (Å²) in [5.74, 6) is 0. The molecule has 2 heterocycles. The first kappa shape index (κ1) is 16.2. The number of amides is 2. The van der Waals surface area contributed by atoms with E-state index in [-0.39, 0.29) is 30.2 Å². The molecule has 0 aliphatic carbocycles. The number of nitrogens with zero attached hydrogens (tertiary/aromatic N) is 2. The standard InChI is InChI=1S/C16H18Cl2N4O/c1-9(11-3-2-4-12(17)15(11)18)20-16(23)21-13-7-10-5-6-14(13)22(10)8-19/h2-4,9-10,13-14H,5-7H2,1H3,(H2,20,21,23)/t9?,10-,13+,14+/m0/s1. The molecule has 5 nitrogen and oxygen atoms in total. The quantitative estimate of drug-likeness (QED) is 0.818. The molecule has 0 aromatic heterocycles. The third-order valence-corrected chi connectivity index (χ3v) is 5.60. The number of carbonyl (C=O) groups excluding carboxylic acids is 1. The highest BCUT2D eigenvalue weighted by Gasteiger charge is 2.46. The average molecular weight is 353 g/mol. The lowest BCUT2D eigenvalue weighted by Crippen LogP contribution is -2.48. The maximum atomic E-state index is 12.3. The van der Waals surface area contributed by atoms with Gasteiger partial charge in [-0.15, -0.1) is 0 Å². The fraction of sp³-hybridized carbons (Fsp3) is 0.500. The predicted octanol–water partition coefficient (Wildman–Crippen LogP) is 3.44. The van der Waals surface area contributed by atoms with E-state index >= 15 is 0 Å². The third-order valence-electron chi connectivity index (χ3n) is 4.76. The molecule has 2 aliphatic rings. The average Bonchev–Trinajstić information content (AvgIpc) is 3.06. The van der Waals surface area contributed by atoms with Crippen molar-refractivity contribution in [2.24, 2.45) is 0 Å². The van der Waals surface area contributed by atoms with Crippen molar-refractivity contribution >= 4 is 29.2 Å². The SMILES string of the molecule is CC(NC(=O)N[C@@H]1C[C@@H]2CC[C@H]1N2C#N)c1cccc(Cl)c1Cl. The number of nitriles is 1. The van der Waals surface area contributed by atoms with Crippen molar-refractivity contribution in [2.75, 3.05) is 0 Å². The minimum atomic E-state index is -0.258. The Morgan fingerprint density at radius 1 is 1.43 bits per heavy atom. The normalized spacial score (nSPS) is 26.7. The fourth-order valence-electron chi connectivity index (χ4n) is 3.64. The zero-order valence-corrected chi connectivity index (χ0v) is 14.2. The highest BCUT2D eigenvalue weighted by molar-refractivity contribution is 6.42. The molecule has 2 fully saturated rings. The van der Waals surface area contributed by atoms with Gasteiger partial charge in [-0.3, -0.25) is 0 Å². The maximum Gasteiger partial charge on any atom is 0.315 e. The van der Waals surface area contributed by atoms with E-state index in [1.54, 1.807) is 12.1 Å². The van der Waals surface area contributed by atoms with Crippen LogP contribution >= 0.6 is 23.2 Å². The van der Waals surface area contributed by atoms with E-state index in [0.717, 1.165) is 24.8 Å². The fourth-order valence-corrected chi connectivity index (χ4v) is 4.11. The van der Waals surface area contributed by atoms with Gasteiger partial charge in [-0.1, -0.05) is 35.3 Å². The second-order valence-corrected chi connectivity index (χ2v) is 6.92. The number of hydrogen-bond donors (Lipinski definition) is 2. The highest BCUT2D eigenvalue weighted by atomic mass is 35.5. The molecule has 0 radical (unpaired) electrons. The molecule has 0 saturated carbocycles. The van der Waals surface area contributed by atoms with Crippen LogP contribution in [0.3, 0.4) is 0 Å². The van der Waals surface area contributed by atoms with Gasteiger partial charge in [0.25, 0.3) is 0 Å². The zero-order valence-electron chi connectivity index (χ0n) is 12.7. The van der Waals surface area contributed by atoms with Crippen LogP contribution in [-0.2, 0) is 0 Å². The first-order chi connectivity index (χ1) is 11.0. The number of carbonyl (C=O) groups is 1. The molecule has 2 saturated heterocycles. The molecule has 23 heavy (non-hydrogen) atoms. The summed E-state index contributed by atoms with van der Waals surface area (Å²) >= 11 is 12.2. The van der Waals surface area contributed by atoms with Crippen LogP contribution in [0.1, 0.15) is 37.8 Å². The molecular weight excluding hydrogens is 335 g/mol. The van der Waals surface area contributed by atoms with Gasteiger partial charge in [0.05, 0.1) is 28.2 Å². The van der Waals surface area contributed by atoms with E-state index in [0.29, 0.717) is 10.0 Å². The van der Waals surface area contributed by atoms with Gasteiger partial charge in [0.1, 0.15) is 0 Å². The van der Waals surface area contributed by atoms with Crippen LogP contribution in [0.25, 0.3) is 0 Å². The van der Waals surface area contributed by atoms with E-state index < -0.39 is 0 Å². The molecule has 1 aromatic carbocycles. The Hall–Kier alpha value is -1.64. The van der Waals surface area contributed by atoms with Gasteiger partial charge >= 0.3 is 6.03 Å². The lowest BCUT2D eigenvalue weighted by Gasteiger charge is -2.24. The monoisotopic (exact) mass is 352 g/mol. The smallest absolute Gasteiger partial charge is 0.315 e. The van der Waals surface area contributed by atoms with Crippen LogP contribution in [-0.4, -0.2) is 29.1 Å². The van der Waals surface area contributed by atoms with Crippen LogP contribution in [0.5, 0.6) is 0 Å². The maximum absolute atomic E-state index is 12.3. The van der Waals surface area contributed by atoms with Crippen molar-refractivity contribution in [3.8, 4) is 6.19 Å². The lowest BCUT2D eigenvalue weighted by molar-refractivity contribution is 0.230. The largest absolute Gasteiger partial charge is 0.333 e. The highest BCUT2D eigenvalue weighted by Crippen LogP contribution is 2.37. The summed E-state index contributed by atoms with van der Waals surface area (Å²) in [6.45, 7) is 1.86. The second-order valence-electron chi connectivity index (χ2n) is 6.13. The molecule has 4 atom stereocenters. The van der Waals surface area contributed by atoms with Gasteiger partial charge in [0.15, 0.2) is 6.19 Å². The Morgan fingerprint density at radius 2 is 2.22 bits per heavy atom. The number of fused-ring (bicyclic) bond motifs is 2. The number of hydrogen-bond acceptors (Lipinski definition) is 3. The van der Waals surface area contributed by atoms with E-state index in [1.165, 1.54) is 0 Å². The van der Waals surface area contributed by atoms with Gasteiger partial charge in [-0.2, -0.15) is 5.26 Å². The summed E-state index contributed by atoms with van der Waals surface area (Å²) in [7, 11) is 0. The van der Waals surface area contributed by atoms with Gasteiger partial charge in [0.2, 0.25) is 0 Å². The molecule has 7 heteroatoms. The molecule has 2 aliphatic heterocycles. The zero-order chi connectivity index (χ0) is 16.6. The van der Waals surface area contributed by atoms with E-state index in [1.807, 2.05) is 17.9 Å². The Labute approximate surface area is 145 Å². The summed E-state index contributed by atoms with van der Waals surface area (Å²) in [6, 6.07) is 5.28. The Bertz CT molecular complexity index is 660. The first-order valence-corrected chi connectivity index (χ1v) is 8.46. The molecule has 1 unspecified atom stereocenters. The molecular formula is C16H18Cl2N4O. The van der Waals surface area contributed by atoms with Gasteiger partial charge < -0.3 is 15.5 Å². The van der Waals surface area contributed by atoms with Gasteiger partial charge in [0, 0.05) is 6.04 Å². The Kier molecular flexibility index (Phi) is 4.56. The van der Waals surface area contributed by atoms with Crippen molar-refractivity contribution in [3.63, 3.8) is 0 Å². The second kappa shape index (κ2) is 6.46. The number of urea groups is 1. The van der Waals surface area contributed by atoms with Crippen LogP contribution < -0.4 is 10.6 Å². The Balaban J connectivity index is 1.60. The summed E-state index contributed by atoms with van der Waals surface area (Å²) < 4.78 is 0. The lowest BCUT2D eigenvalue weighted by atomic mass is 9.96. The summed E-state index contributed by atoms with van der Waals surface area (Å²) in [5.41, 5.74) is 0.779. The predicted molar refractivity (Wildman–Crippen MR) is 89.2 cm³/mol. The Morgan fingerprint density at radius 3 is 2.91 bits per heavy atom. The van der Waals surface area contributed by atoms with Crippen molar-refractivity contribution < 1.29 is 4.79 Å². The molecule has 2 N–H and O–H groups in total. The molecule has 3 rings (SSSR count). The molecule has 2 amide bonds. The number of nitrogens with one attached hydrogen (secondary N) is 2. The van der Waals surface area contributed by atoms with Crippen LogP contribution in [0.15, 0.2) is 18.2 Å². The summed E-state index contributed by atoms with van der Waals surface area (Å²) in [5, 5.41) is 16.0. The number of rotatable bonds is 3. The molecule has 1 aromatic rings. The van der Waals surface area contributed by atoms with Crippen molar-refractivity contribution in [2.45, 2.75) is 50.4 Å². The molecule has 2 bridgehead atoms. The minimum absolute atomic E-state index is 0.0235. The van der Waals surface area contributed by atoms with Crippen molar-refractivity contribution in [1.29, 1.82) is 5.26 Å².